The molecule has 0 aliphatic carbocycles. The Kier molecular flexibility index (Phi) is 4.97. The Hall–Kier alpha value is -2.25. The van der Waals surface area contributed by atoms with E-state index in [-0.39, 0.29) is 5.82 Å². The first kappa shape index (κ1) is 18.1. The Labute approximate surface area is 157 Å². The number of aromatic nitrogens is 2. The van der Waals surface area contributed by atoms with Gasteiger partial charge in [0.2, 0.25) is 0 Å². The number of hydrogen-bond donors (Lipinski definition) is 1. The fourth-order valence-corrected chi connectivity index (χ4v) is 4.30. The molecule has 1 fully saturated rings. The van der Waals surface area contributed by atoms with Crippen LogP contribution in [-0.2, 0) is 28.1 Å². The quantitative estimate of drug-likeness (QED) is 0.871. The van der Waals surface area contributed by atoms with Gasteiger partial charge in [-0.15, -0.1) is 0 Å². The van der Waals surface area contributed by atoms with Crippen LogP contribution in [0.4, 0.5) is 4.39 Å². The van der Waals surface area contributed by atoms with E-state index in [1.54, 1.807) is 29.2 Å². The molecular formula is C20H24FN3O3. The van der Waals surface area contributed by atoms with Crippen molar-refractivity contribution >= 4 is 5.97 Å². The number of carbonyl (C=O) groups is 1. The van der Waals surface area contributed by atoms with Gasteiger partial charge in [-0.2, -0.15) is 5.10 Å². The number of nitrogens with zero attached hydrogens (tertiary/aromatic N) is 3. The lowest BCUT2D eigenvalue weighted by Crippen LogP contribution is -2.48. The van der Waals surface area contributed by atoms with E-state index in [2.05, 4.69) is 10.00 Å². The van der Waals surface area contributed by atoms with E-state index in [1.165, 1.54) is 6.07 Å². The first-order chi connectivity index (χ1) is 13.1. The van der Waals surface area contributed by atoms with E-state index in [9.17, 15) is 14.3 Å². The van der Waals surface area contributed by atoms with Crippen molar-refractivity contribution in [2.75, 3.05) is 26.2 Å². The third kappa shape index (κ3) is 3.75. The standard InChI is InChI=1S/C20H24FN3O3/c21-17-3-2-15-4-11-27-20(18(15)12-17)5-9-23(10-6-20)13-16(19(25)26)14-24-8-1-7-22-24/h1-3,7-8,12,16H,4-6,9-11,13-14H2,(H,25,26). The number of piperidine rings is 1. The second-order valence-electron chi connectivity index (χ2n) is 7.46. The summed E-state index contributed by atoms with van der Waals surface area (Å²) >= 11 is 0. The van der Waals surface area contributed by atoms with Gasteiger partial charge in [-0.05, 0) is 48.6 Å². The number of ether oxygens (including phenoxy) is 1. The Morgan fingerprint density at radius 3 is 2.85 bits per heavy atom. The van der Waals surface area contributed by atoms with Crippen molar-refractivity contribution in [3.05, 3.63) is 53.6 Å². The zero-order valence-electron chi connectivity index (χ0n) is 15.2. The SMILES string of the molecule is O=C(O)C(CN1CCC2(CC1)OCCc1ccc(F)cc12)Cn1cccn1. The van der Waals surface area contributed by atoms with E-state index in [4.69, 9.17) is 4.74 Å². The number of aliphatic carboxylic acids is 1. The normalized spacial score (nSPS) is 20.3. The van der Waals surface area contributed by atoms with Crippen LogP contribution in [0.2, 0.25) is 0 Å². The highest BCUT2D eigenvalue weighted by atomic mass is 19.1. The maximum atomic E-state index is 13.8. The van der Waals surface area contributed by atoms with Gasteiger partial charge >= 0.3 is 5.97 Å². The maximum absolute atomic E-state index is 13.8. The van der Waals surface area contributed by atoms with Crippen LogP contribution in [0.15, 0.2) is 36.7 Å². The van der Waals surface area contributed by atoms with Gasteiger partial charge in [0, 0.05) is 32.0 Å². The molecule has 0 amide bonds. The monoisotopic (exact) mass is 373 g/mol. The van der Waals surface area contributed by atoms with E-state index < -0.39 is 17.5 Å². The zero-order valence-corrected chi connectivity index (χ0v) is 15.2. The molecule has 1 atom stereocenters. The van der Waals surface area contributed by atoms with Gasteiger partial charge in [-0.3, -0.25) is 9.48 Å². The number of carboxylic acids is 1. The van der Waals surface area contributed by atoms with E-state index in [0.29, 0.717) is 19.7 Å². The third-order valence-corrected chi connectivity index (χ3v) is 5.77. The first-order valence-electron chi connectivity index (χ1n) is 9.41. The van der Waals surface area contributed by atoms with Crippen LogP contribution in [-0.4, -0.2) is 52.0 Å². The second kappa shape index (κ2) is 7.40. The largest absolute Gasteiger partial charge is 0.481 e. The Morgan fingerprint density at radius 1 is 1.33 bits per heavy atom. The van der Waals surface area contributed by atoms with Gasteiger partial charge in [0.25, 0.3) is 0 Å². The number of benzene rings is 1. The summed E-state index contributed by atoms with van der Waals surface area (Å²) in [5.41, 5.74) is 1.70. The Balaban J connectivity index is 1.43. The Bertz CT molecular complexity index is 801. The molecule has 2 aromatic rings. The van der Waals surface area contributed by atoms with Gasteiger partial charge < -0.3 is 14.7 Å². The van der Waals surface area contributed by atoms with Crippen LogP contribution in [0.3, 0.4) is 0 Å². The van der Waals surface area contributed by atoms with E-state index in [1.807, 2.05) is 6.07 Å². The molecule has 7 heteroatoms. The summed E-state index contributed by atoms with van der Waals surface area (Å²) in [5, 5.41) is 13.7. The van der Waals surface area contributed by atoms with Crippen molar-refractivity contribution in [1.29, 1.82) is 0 Å². The van der Waals surface area contributed by atoms with Crippen LogP contribution < -0.4 is 0 Å². The van der Waals surface area contributed by atoms with E-state index >= 15 is 0 Å². The van der Waals surface area contributed by atoms with Gasteiger partial charge in [0.15, 0.2) is 0 Å². The highest BCUT2D eigenvalue weighted by Gasteiger charge is 2.41. The van der Waals surface area contributed by atoms with Crippen LogP contribution in [0.5, 0.6) is 0 Å². The highest BCUT2D eigenvalue weighted by Crippen LogP contribution is 2.41. The lowest BCUT2D eigenvalue weighted by atomic mass is 9.79. The molecule has 1 aromatic carbocycles. The minimum atomic E-state index is -0.813. The molecule has 1 saturated heterocycles. The summed E-state index contributed by atoms with van der Waals surface area (Å²) in [5.74, 6) is -1.56. The lowest BCUT2D eigenvalue weighted by molar-refractivity contribution is -0.144. The van der Waals surface area contributed by atoms with Crippen LogP contribution >= 0.6 is 0 Å². The minimum absolute atomic E-state index is 0.230. The fourth-order valence-electron chi connectivity index (χ4n) is 4.30. The summed E-state index contributed by atoms with van der Waals surface area (Å²) in [7, 11) is 0. The molecule has 1 aromatic heterocycles. The average molecular weight is 373 g/mol. The summed E-state index contributed by atoms with van der Waals surface area (Å²) in [4.78, 5) is 13.8. The van der Waals surface area contributed by atoms with Gasteiger partial charge in [0.1, 0.15) is 5.82 Å². The van der Waals surface area contributed by atoms with Crippen molar-refractivity contribution in [3.8, 4) is 0 Å². The predicted octanol–water partition coefficient (Wildman–Crippen LogP) is 2.29. The van der Waals surface area contributed by atoms with Crippen molar-refractivity contribution in [1.82, 2.24) is 14.7 Å². The summed E-state index contributed by atoms with van der Waals surface area (Å²) in [6.07, 6.45) is 5.74. The number of rotatable bonds is 5. The number of likely N-dealkylation sites (tertiary alicyclic amines) is 1. The molecular weight excluding hydrogens is 349 g/mol. The summed E-state index contributed by atoms with van der Waals surface area (Å²) < 4.78 is 21.6. The lowest BCUT2D eigenvalue weighted by Gasteiger charge is -2.45. The summed E-state index contributed by atoms with van der Waals surface area (Å²) in [6.45, 7) is 2.95. The number of hydrogen-bond acceptors (Lipinski definition) is 4. The summed E-state index contributed by atoms with van der Waals surface area (Å²) in [6, 6.07) is 6.79. The molecule has 3 heterocycles. The molecule has 0 radical (unpaired) electrons. The van der Waals surface area contributed by atoms with Gasteiger partial charge in [-0.25, -0.2) is 4.39 Å². The molecule has 0 bridgehead atoms. The molecule has 4 rings (SSSR count). The predicted molar refractivity (Wildman–Crippen MR) is 96.8 cm³/mol. The molecule has 27 heavy (non-hydrogen) atoms. The molecule has 2 aliphatic heterocycles. The van der Waals surface area contributed by atoms with Crippen molar-refractivity contribution in [2.45, 2.75) is 31.4 Å². The van der Waals surface area contributed by atoms with Crippen LogP contribution in [0.25, 0.3) is 0 Å². The molecule has 2 aliphatic rings. The zero-order chi connectivity index (χ0) is 18.9. The topological polar surface area (TPSA) is 67.6 Å². The highest BCUT2D eigenvalue weighted by molar-refractivity contribution is 5.70. The number of carboxylic acid groups (broad SMARTS) is 1. The van der Waals surface area contributed by atoms with Crippen molar-refractivity contribution < 1.29 is 19.0 Å². The van der Waals surface area contributed by atoms with Crippen LogP contribution in [0.1, 0.15) is 24.0 Å². The number of fused-ring (bicyclic) bond motifs is 2. The molecule has 1 N–H and O–H groups in total. The molecule has 1 unspecified atom stereocenters. The maximum Gasteiger partial charge on any atom is 0.309 e. The number of halogens is 1. The molecule has 0 saturated carbocycles. The molecule has 144 valence electrons. The van der Waals surface area contributed by atoms with Crippen LogP contribution in [0, 0.1) is 11.7 Å². The Morgan fingerprint density at radius 2 is 2.15 bits per heavy atom. The van der Waals surface area contributed by atoms with Gasteiger partial charge in [0.05, 0.1) is 24.7 Å². The van der Waals surface area contributed by atoms with Gasteiger partial charge in [-0.1, -0.05) is 6.07 Å². The first-order valence-corrected chi connectivity index (χ1v) is 9.41. The molecule has 6 nitrogen and oxygen atoms in total. The van der Waals surface area contributed by atoms with Crippen molar-refractivity contribution in [3.63, 3.8) is 0 Å². The fraction of sp³-hybridized carbons (Fsp3) is 0.500. The molecule has 1 spiro atoms. The third-order valence-electron chi connectivity index (χ3n) is 5.77. The average Bonchev–Trinajstić information content (AvgIpc) is 3.17. The van der Waals surface area contributed by atoms with Crippen molar-refractivity contribution in [2.24, 2.45) is 5.92 Å². The minimum Gasteiger partial charge on any atom is -0.481 e. The second-order valence-corrected chi connectivity index (χ2v) is 7.46. The van der Waals surface area contributed by atoms with E-state index in [0.717, 1.165) is 43.5 Å². The smallest absolute Gasteiger partial charge is 0.309 e.